The van der Waals surface area contributed by atoms with Gasteiger partial charge in [-0.2, -0.15) is 4.98 Å². The molecule has 7 heteroatoms. The van der Waals surface area contributed by atoms with E-state index < -0.39 is 0 Å². The fourth-order valence-corrected chi connectivity index (χ4v) is 3.18. The van der Waals surface area contributed by atoms with Crippen LogP contribution in [-0.2, 0) is 11.2 Å². The Balaban J connectivity index is 1.36. The van der Waals surface area contributed by atoms with E-state index in [1.54, 1.807) is 0 Å². The number of rotatable bonds is 6. The molecule has 1 aromatic heterocycles. The molecule has 0 spiro atoms. The number of aromatic nitrogens is 2. The Hall–Kier alpha value is -3.19. The van der Waals surface area contributed by atoms with Crippen LogP contribution in [0.3, 0.4) is 0 Å². The van der Waals surface area contributed by atoms with Gasteiger partial charge < -0.3 is 19.5 Å². The molecule has 2 heterocycles. The molecule has 1 amide bonds. The van der Waals surface area contributed by atoms with Crippen molar-refractivity contribution in [2.24, 2.45) is 0 Å². The number of anilines is 1. The van der Waals surface area contributed by atoms with Crippen LogP contribution in [0.5, 0.6) is 0 Å². The molecule has 0 saturated carbocycles. The summed E-state index contributed by atoms with van der Waals surface area (Å²) in [5.74, 6) is 0.953. The van der Waals surface area contributed by atoms with Gasteiger partial charge in [-0.05, 0) is 24.3 Å². The highest BCUT2D eigenvalue weighted by atomic mass is 16.5. The number of carbonyl (C=O) groups is 1. The van der Waals surface area contributed by atoms with Crippen molar-refractivity contribution in [1.82, 2.24) is 15.5 Å². The minimum atomic E-state index is -0.103. The number of carbonyl (C=O) groups excluding carboxylic acids is 1. The van der Waals surface area contributed by atoms with Crippen molar-refractivity contribution in [3.8, 4) is 11.5 Å². The van der Waals surface area contributed by atoms with E-state index in [4.69, 9.17) is 9.26 Å². The number of nitrogens with one attached hydrogen (secondary N) is 1. The average molecular weight is 378 g/mol. The zero-order valence-corrected chi connectivity index (χ0v) is 15.5. The predicted octanol–water partition coefficient (Wildman–Crippen LogP) is 2.55. The third kappa shape index (κ3) is 4.20. The first-order valence-electron chi connectivity index (χ1n) is 9.39. The Kier molecular flexibility index (Phi) is 5.63. The Bertz CT molecular complexity index is 920. The molecule has 1 aliphatic heterocycles. The lowest BCUT2D eigenvalue weighted by atomic mass is 10.1. The van der Waals surface area contributed by atoms with Crippen molar-refractivity contribution in [3.05, 3.63) is 66.0 Å². The smallest absolute Gasteiger partial charge is 0.257 e. The second-order valence-electron chi connectivity index (χ2n) is 6.50. The monoisotopic (exact) mass is 378 g/mol. The van der Waals surface area contributed by atoms with Gasteiger partial charge in [0.05, 0.1) is 18.8 Å². The molecule has 7 nitrogen and oxygen atoms in total. The lowest BCUT2D eigenvalue weighted by Crippen LogP contribution is -2.38. The van der Waals surface area contributed by atoms with E-state index in [9.17, 15) is 4.79 Å². The van der Waals surface area contributed by atoms with Gasteiger partial charge in [-0.25, -0.2) is 0 Å². The number of para-hydroxylation sites is 1. The van der Waals surface area contributed by atoms with Gasteiger partial charge in [-0.1, -0.05) is 35.5 Å². The summed E-state index contributed by atoms with van der Waals surface area (Å²) in [7, 11) is 0. The first-order chi connectivity index (χ1) is 13.8. The Morgan fingerprint density at radius 1 is 1.04 bits per heavy atom. The van der Waals surface area contributed by atoms with Crippen LogP contribution in [0, 0.1) is 0 Å². The van der Waals surface area contributed by atoms with E-state index >= 15 is 0 Å². The number of amides is 1. The summed E-state index contributed by atoms with van der Waals surface area (Å²) in [6, 6.07) is 17.3. The van der Waals surface area contributed by atoms with Crippen molar-refractivity contribution in [3.63, 3.8) is 0 Å². The first-order valence-corrected chi connectivity index (χ1v) is 9.39. The van der Waals surface area contributed by atoms with Crippen LogP contribution in [0.2, 0.25) is 0 Å². The van der Waals surface area contributed by atoms with Gasteiger partial charge in [0.2, 0.25) is 0 Å². The molecule has 28 heavy (non-hydrogen) atoms. The molecular formula is C21H22N4O3. The first kappa shape index (κ1) is 18.2. The quantitative estimate of drug-likeness (QED) is 0.710. The van der Waals surface area contributed by atoms with Gasteiger partial charge in [0.1, 0.15) is 0 Å². The summed E-state index contributed by atoms with van der Waals surface area (Å²) in [5, 5.41) is 6.95. The highest BCUT2D eigenvalue weighted by Crippen LogP contribution is 2.21. The van der Waals surface area contributed by atoms with Crippen LogP contribution in [-0.4, -0.2) is 48.9 Å². The van der Waals surface area contributed by atoms with Crippen LogP contribution in [0.1, 0.15) is 16.2 Å². The largest absolute Gasteiger partial charge is 0.378 e. The Morgan fingerprint density at radius 2 is 1.79 bits per heavy atom. The highest BCUT2D eigenvalue weighted by Gasteiger charge is 2.18. The molecule has 0 atom stereocenters. The van der Waals surface area contributed by atoms with E-state index in [-0.39, 0.29) is 5.91 Å². The van der Waals surface area contributed by atoms with E-state index in [1.807, 2.05) is 54.6 Å². The van der Waals surface area contributed by atoms with E-state index in [2.05, 4.69) is 20.4 Å². The molecule has 1 fully saturated rings. The molecule has 0 radical (unpaired) electrons. The molecule has 144 valence electrons. The lowest BCUT2D eigenvalue weighted by Gasteiger charge is -2.30. The van der Waals surface area contributed by atoms with E-state index in [1.165, 1.54) is 0 Å². The molecule has 0 bridgehead atoms. The summed E-state index contributed by atoms with van der Waals surface area (Å²) in [5.41, 5.74) is 2.49. The van der Waals surface area contributed by atoms with E-state index in [0.29, 0.717) is 43.5 Å². The van der Waals surface area contributed by atoms with Gasteiger partial charge in [0.15, 0.2) is 5.82 Å². The van der Waals surface area contributed by atoms with Gasteiger partial charge >= 0.3 is 0 Å². The molecular weight excluding hydrogens is 356 g/mol. The second-order valence-corrected chi connectivity index (χ2v) is 6.50. The topological polar surface area (TPSA) is 80.5 Å². The average Bonchev–Trinajstić information content (AvgIpc) is 3.24. The summed E-state index contributed by atoms with van der Waals surface area (Å²) in [4.78, 5) is 19.3. The molecule has 1 N–H and O–H groups in total. The Labute approximate surface area is 163 Å². The maximum atomic E-state index is 12.7. The van der Waals surface area contributed by atoms with Gasteiger partial charge in [-0.3, -0.25) is 4.79 Å². The number of hydrogen-bond acceptors (Lipinski definition) is 6. The summed E-state index contributed by atoms with van der Waals surface area (Å²) >= 11 is 0. The van der Waals surface area contributed by atoms with Crippen molar-refractivity contribution in [2.45, 2.75) is 6.42 Å². The SMILES string of the molecule is O=C(NCCc1noc(-c2ccccc2)n1)c1ccccc1N1CCOCC1. The number of hydrogen-bond donors (Lipinski definition) is 1. The predicted molar refractivity (Wildman–Crippen MR) is 105 cm³/mol. The third-order valence-corrected chi connectivity index (χ3v) is 4.62. The van der Waals surface area contributed by atoms with Crippen LogP contribution in [0.15, 0.2) is 59.1 Å². The molecule has 2 aromatic carbocycles. The van der Waals surface area contributed by atoms with Crippen LogP contribution in [0.4, 0.5) is 5.69 Å². The molecule has 0 aliphatic carbocycles. The maximum Gasteiger partial charge on any atom is 0.257 e. The number of nitrogens with zero attached hydrogens (tertiary/aromatic N) is 3. The number of benzene rings is 2. The van der Waals surface area contributed by atoms with Gasteiger partial charge in [0, 0.05) is 37.3 Å². The summed E-state index contributed by atoms with van der Waals surface area (Å²) in [6.07, 6.45) is 0.502. The Morgan fingerprint density at radius 3 is 2.61 bits per heavy atom. The van der Waals surface area contributed by atoms with Crippen LogP contribution >= 0.6 is 0 Å². The second kappa shape index (κ2) is 8.67. The van der Waals surface area contributed by atoms with Crippen LogP contribution in [0.25, 0.3) is 11.5 Å². The zero-order valence-electron chi connectivity index (χ0n) is 15.5. The zero-order chi connectivity index (χ0) is 19.2. The fourth-order valence-electron chi connectivity index (χ4n) is 3.18. The minimum Gasteiger partial charge on any atom is -0.378 e. The van der Waals surface area contributed by atoms with Crippen molar-refractivity contribution < 1.29 is 14.1 Å². The van der Waals surface area contributed by atoms with Gasteiger partial charge in [-0.15, -0.1) is 0 Å². The molecule has 1 aliphatic rings. The van der Waals surface area contributed by atoms with Crippen molar-refractivity contribution in [1.29, 1.82) is 0 Å². The normalized spacial score (nSPS) is 14.1. The van der Waals surface area contributed by atoms with Crippen molar-refractivity contribution in [2.75, 3.05) is 37.7 Å². The fraction of sp³-hybridized carbons (Fsp3) is 0.286. The van der Waals surface area contributed by atoms with Crippen molar-refractivity contribution >= 4 is 11.6 Å². The van der Waals surface area contributed by atoms with Gasteiger partial charge in [0.25, 0.3) is 11.8 Å². The molecule has 4 rings (SSSR count). The summed E-state index contributed by atoms with van der Waals surface area (Å²) < 4.78 is 10.7. The number of morpholine rings is 1. The molecule has 3 aromatic rings. The number of ether oxygens (including phenoxy) is 1. The molecule has 0 unspecified atom stereocenters. The third-order valence-electron chi connectivity index (χ3n) is 4.62. The van der Waals surface area contributed by atoms with E-state index in [0.717, 1.165) is 24.3 Å². The standard InChI is InChI=1S/C21H22N4O3/c26-20(17-8-4-5-9-18(17)25-12-14-27-15-13-25)22-11-10-19-23-21(28-24-19)16-6-2-1-3-7-16/h1-9H,10-15H2,(H,22,26). The molecule has 1 saturated heterocycles. The lowest BCUT2D eigenvalue weighted by molar-refractivity contribution is 0.0952. The summed E-state index contributed by atoms with van der Waals surface area (Å²) in [6.45, 7) is 3.37. The van der Waals surface area contributed by atoms with Crippen LogP contribution < -0.4 is 10.2 Å². The highest BCUT2D eigenvalue weighted by molar-refractivity contribution is 5.99. The minimum absolute atomic E-state index is 0.103. The maximum absolute atomic E-state index is 12.7.